The molecule has 1 fully saturated rings. The summed E-state index contributed by atoms with van der Waals surface area (Å²) >= 11 is 6.50. The maximum Gasteiger partial charge on any atom is 0.229 e. The van der Waals surface area contributed by atoms with Gasteiger partial charge in [-0.15, -0.1) is 0 Å². The van der Waals surface area contributed by atoms with Gasteiger partial charge in [0.2, 0.25) is 5.95 Å². The van der Waals surface area contributed by atoms with Gasteiger partial charge in [0.25, 0.3) is 0 Å². The van der Waals surface area contributed by atoms with E-state index in [9.17, 15) is 5.11 Å². The topological polar surface area (TPSA) is 92.8 Å². The molecule has 5 rings (SSSR count). The summed E-state index contributed by atoms with van der Waals surface area (Å²) in [4.78, 5) is 9.00. The van der Waals surface area contributed by atoms with Gasteiger partial charge in [-0.25, -0.2) is 9.67 Å². The Labute approximate surface area is 191 Å². The molecule has 0 unspecified atom stereocenters. The molecule has 8 nitrogen and oxygen atoms in total. The van der Waals surface area contributed by atoms with E-state index >= 15 is 0 Å². The van der Waals surface area contributed by atoms with Crippen LogP contribution in [0.3, 0.4) is 0 Å². The summed E-state index contributed by atoms with van der Waals surface area (Å²) in [5, 5.41) is 22.6. The summed E-state index contributed by atoms with van der Waals surface area (Å²) in [6.45, 7) is 4.72. The Balaban J connectivity index is 1.34. The number of anilines is 2. The van der Waals surface area contributed by atoms with Crippen molar-refractivity contribution in [3.63, 3.8) is 0 Å². The van der Waals surface area contributed by atoms with Gasteiger partial charge in [0.1, 0.15) is 0 Å². The van der Waals surface area contributed by atoms with E-state index in [1.54, 1.807) is 10.9 Å². The quantitative estimate of drug-likeness (QED) is 0.413. The Morgan fingerprint density at radius 2 is 2.03 bits per heavy atom. The van der Waals surface area contributed by atoms with Crippen LogP contribution in [0.1, 0.15) is 29.8 Å². The Hall–Kier alpha value is -2.94. The molecule has 4 aromatic rings. The van der Waals surface area contributed by atoms with Crippen molar-refractivity contribution in [3.05, 3.63) is 58.6 Å². The molecule has 3 aromatic heterocycles. The van der Waals surface area contributed by atoms with E-state index in [0.29, 0.717) is 17.8 Å². The van der Waals surface area contributed by atoms with Crippen molar-refractivity contribution in [1.29, 1.82) is 0 Å². The number of fused-ring (bicyclic) bond motifs is 1. The van der Waals surface area contributed by atoms with Gasteiger partial charge in [-0.3, -0.25) is 0 Å². The molecule has 0 spiro atoms. The lowest BCUT2D eigenvalue weighted by atomic mass is 9.89. The van der Waals surface area contributed by atoms with Crippen LogP contribution in [0, 0.1) is 13.8 Å². The standard InChI is InChI=1S/C23H26ClN7O/c1-13-15(11-26-17-8-18(32)9-17)12-31(29-13)21-6-7-25-23(28-21)27-16-4-5-20-19(10-16)22(24)14(2)30(20)3/h4-7,10,12,17-18,26,32H,8-9,11H2,1-3H3,(H,25,27,28). The Morgan fingerprint density at radius 1 is 1.22 bits per heavy atom. The third kappa shape index (κ3) is 3.85. The number of rotatable bonds is 6. The van der Waals surface area contributed by atoms with Crippen LogP contribution in [-0.4, -0.2) is 41.6 Å². The number of aliphatic hydroxyl groups is 1. The molecule has 9 heteroatoms. The molecule has 1 aliphatic carbocycles. The van der Waals surface area contributed by atoms with Crippen LogP contribution >= 0.6 is 11.6 Å². The number of aliphatic hydroxyl groups excluding tert-OH is 1. The fourth-order valence-corrected chi connectivity index (χ4v) is 4.34. The van der Waals surface area contributed by atoms with E-state index in [-0.39, 0.29) is 6.10 Å². The number of hydrogen-bond donors (Lipinski definition) is 3. The van der Waals surface area contributed by atoms with Crippen LogP contribution in [0.15, 0.2) is 36.7 Å². The molecule has 1 saturated carbocycles. The molecule has 0 bridgehead atoms. The summed E-state index contributed by atoms with van der Waals surface area (Å²) in [5.74, 6) is 1.17. The van der Waals surface area contributed by atoms with Gasteiger partial charge >= 0.3 is 0 Å². The largest absolute Gasteiger partial charge is 0.393 e. The van der Waals surface area contributed by atoms with Crippen LogP contribution in [0.2, 0.25) is 5.02 Å². The smallest absolute Gasteiger partial charge is 0.229 e. The highest BCUT2D eigenvalue weighted by atomic mass is 35.5. The summed E-state index contributed by atoms with van der Waals surface area (Å²) in [6.07, 6.45) is 5.17. The van der Waals surface area contributed by atoms with Gasteiger partial charge in [0, 0.05) is 65.9 Å². The van der Waals surface area contributed by atoms with Crippen molar-refractivity contribution < 1.29 is 5.11 Å². The first-order valence-corrected chi connectivity index (χ1v) is 11.1. The molecular formula is C23H26ClN7O. The predicted molar refractivity (Wildman–Crippen MR) is 126 cm³/mol. The first-order valence-electron chi connectivity index (χ1n) is 10.7. The first kappa shape index (κ1) is 20.9. The summed E-state index contributed by atoms with van der Waals surface area (Å²) < 4.78 is 3.85. The van der Waals surface area contributed by atoms with Gasteiger partial charge < -0.3 is 20.3 Å². The molecule has 3 N–H and O–H groups in total. The van der Waals surface area contributed by atoms with E-state index in [2.05, 4.69) is 30.3 Å². The van der Waals surface area contributed by atoms with Crippen LogP contribution in [0.5, 0.6) is 0 Å². The lowest BCUT2D eigenvalue weighted by Crippen LogP contribution is -2.43. The zero-order valence-corrected chi connectivity index (χ0v) is 19.1. The molecule has 0 saturated heterocycles. The number of benzene rings is 1. The molecule has 1 aromatic carbocycles. The van der Waals surface area contributed by atoms with Gasteiger partial charge in [-0.1, -0.05) is 11.6 Å². The van der Waals surface area contributed by atoms with Gasteiger partial charge in [0.15, 0.2) is 5.82 Å². The third-order valence-electron chi connectivity index (χ3n) is 6.24. The second kappa shape index (κ2) is 8.20. The van der Waals surface area contributed by atoms with Gasteiger partial charge in [-0.05, 0) is 44.9 Å². The van der Waals surface area contributed by atoms with E-state index in [1.165, 1.54) is 0 Å². The lowest BCUT2D eigenvalue weighted by Gasteiger charge is -2.32. The summed E-state index contributed by atoms with van der Waals surface area (Å²) in [6, 6.07) is 8.25. The van der Waals surface area contributed by atoms with E-state index in [4.69, 9.17) is 11.6 Å². The van der Waals surface area contributed by atoms with E-state index < -0.39 is 0 Å². The maximum absolute atomic E-state index is 9.45. The molecule has 0 atom stereocenters. The zero-order valence-electron chi connectivity index (χ0n) is 18.3. The molecule has 166 valence electrons. The normalized spacial score (nSPS) is 18.2. The number of aromatic nitrogens is 5. The average Bonchev–Trinajstić information content (AvgIpc) is 3.24. The Kier molecular flexibility index (Phi) is 5.36. The van der Waals surface area contributed by atoms with Crippen LogP contribution in [0.25, 0.3) is 16.7 Å². The maximum atomic E-state index is 9.45. The highest BCUT2D eigenvalue weighted by Crippen LogP contribution is 2.32. The highest BCUT2D eigenvalue weighted by Gasteiger charge is 2.26. The Morgan fingerprint density at radius 3 is 2.81 bits per heavy atom. The summed E-state index contributed by atoms with van der Waals surface area (Å²) in [5.41, 5.74) is 5.04. The summed E-state index contributed by atoms with van der Waals surface area (Å²) in [7, 11) is 2.01. The van der Waals surface area contributed by atoms with Crippen LogP contribution in [0.4, 0.5) is 11.6 Å². The van der Waals surface area contributed by atoms with Crippen molar-refractivity contribution in [2.24, 2.45) is 7.05 Å². The Bertz CT molecular complexity index is 1290. The molecule has 3 heterocycles. The van der Waals surface area contributed by atoms with Crippen molar-refractivity contribution in [2.75, 3.05) is 5.32 Å². The lowest BCUT2D eigenvalue weighted by molar-refractivity contribution is 0.0619. The van der Waals surface area contributed by atoms with E-state index in [0.717, 1.165) is 58.0 Å². The molecule has 1 aliphatic rings. The van der Waals surface area contributed by atoms with E-state index in [1.807, 2.05) is 51.4 Å². The second-order valence-corrected chi connectivity index (χ2v) is 8.82. The fraction of sp³-hybridized carbons (Fsp3) is 0.348. The SMILES string of the molecule is Cc1nn(-c2ccnc(Nc3ccc4c(c3)c(Cl)c(C)n4C)n2)cc1CNC1CC(O)C1. The van der Waals surface area contributed by atoms with Crippen molar-refractivity contribution >= 4 is 34.1 Å². The van der Waals surface area contributed by atoms with Crippen molar-refractivity contribution in [1.82, 2.24) is 29.6 Å². The highest BCUT2D eigenvalue weighted by molar-refractivity contribution is 6.36. The first-order chi connectivity index (χ1) is 15.4. The number of hydrogen-bond acceptors (Lipinski definition) is 6. The fourth-order valence-electron chi connectivity index (χ4n) is 4.07. The minimum atomic E-state index is -0.161. The molecule has 32 heavy (non-hydrogen) atoms. The molecular weight excluding hydrogens is 426 g/mol. The average molecular weight is 452 g/mol. The van der Waals surface area contributed by atoms with Crippen molar-refractivity contribution in [2.45, 2.75) is 45.4 Å². The van der Waals surface area contributed by atoms with Gasteiger partial charge in [0.05, 0.1) is 16.8 Å². The number of nitrogens with zero attached hydrogens (tertiary/aromatic N) is 5. The van der Waals surface area contributed by atoms with Crippen LogP contribution in [-0.2, 0) is 13.6 Å². The molecule has 0 radical (unpaired) electrons. The monoisotopic (exact) mass is 451 g/mol. The van der Waals surface area contributed by atoms with Crippen molar-refractivity contribution in [3.8, 4) is 5.82 Å². The second-order valence-electron chi connectivity index (χ2n) is 8.44. The minimum Gasteiger partial charge on any atom is -0.393 e. The predicted octanol–water partition coefficient (Wildman–Crippen LogP) is 3.78. The zero-order chi connectivity index (χ0) is 22.4. The molecule has 0 aliphatic heterocycles. The minimum absolute atomic E-state index is 0.161. The molecule has 0 amide bonds. The van der Waals surface area contributed by atoms with Gasteiger partial charge in [-0.2, -0.15) is 10.1 Å². The third-order valence-corrected chi connectivity index (χ3v) is 6.72. The number of aryl methyl sites for hydroxylation is 2. The number of halogens is 1. The number of nitrogens with one attached hydrogen (secondary N) is 2. The van der Waals surface area contributed by atoms with Crippen LogP contribution < -0.4 is 10.6 Å².